The summed E-state index contributed by atoms with van der Waals surface area (Å²) >= 11 is 0. The predicted octanol–water partition coefficient (Wildman–Crippen LogP) is 1.99. The second-order valence-electron chi connectivity index (χ2n) is 5.41. The van der Waals surface area contributed by atoms with E-state index in [1.165, 1.54) is 0 Å². The van der Waals surface area contributed by atoms with Crippen LogP contribution in [0.25, 0.3) is 0 Å². The largest absolute Gasteiger partial charge is 0.376 e. The van der Waals surface area contributed by atoms with Crippen LogP contribution in [-0.4, -0.2) is 55.3 Å². The number of rotatable bonds is 8. The van der Waals surface area contributed by atoms with Gasteiger partial charge in [-0.25, -0.2) is 0 Å². The van der Waals surface area contributed by atoms with Crippen molar-refractivity contribution in [2.45, 2.75) is 26.7 Å². The number of aryl methyl sites for hydroxylation is 1. The van der Waals surface area contributed by atoms with Crippen molar-refractivity contribution in [2.24, 2.45) is 0 Å². The molecule has 0 aromatic heterocycles. The Hall–Kier alpha value is -2.04. The van der Waals surface area contributed by atoms with E-state index in [1.54, 1.807) is 23.9 Å². The fraction of sp³-hybridized carbons (Fsp3) is 0.529. The van der Waals surface area contributed by atoms with Gasteiger partial charge in [-0.1, -0.05) is 12.1 Å². The zero-order valence-corrected chi connectivity index (χ0v) is 14.1. The molecule has 5 heteroatoms. The molecule has 5 nitrogen and oxygen atoms in total. The summed E-state index contributed by atoms with van der Waals surface area (Å²) in [5.41, 5.74) is 2.01. The van der Waals surface area contributed by atoms with Gasteiger partial charge >= 0.3 is 0 Å². The Morgan fingerprint density at radius 3 is 2.36 bits per heavy atom. The van der Waals surface area contributed by atoms with Crippen molar-refractivity contribution in [1.29, 1.82) is 0 Å². The second-order valence-corrected chi connectivity index (χ2v) is 5.41. The summed E-state index contributed by atoms with van der Waals surface area (Å²) < 4.78 is 0. The number of anilines is 1. The van der Waals surface area contributed by atoms with Crippen LogP contribution in [0.15, 0.2) is 24.3 Å². The number of nitrogens with zero attached hydrogens (tertiary/aromatic N) is 2. The maximum absolute atomic E-state index is 12.0. The molecule has 0 spiro atoms. The van der Waals surface area contributed by atoms with Gasteiger partial charge in [0.1, 0.15) is 0 Å². The minimum atomic E-state index is 0.0955. The van der Waals surface area contributed by atoms with Gasteiger partial charge in [0.25, 0.3) is 0 Å². The van der Waals surface area contributed by atoms with Crippen molar-refractivity contribution in [1.82, 2.24) is 9.80 Å². The minimum absolute atomic E-state index is 0.0955. The molecule has 2 amide bonds. The van der Waals surface area contributed by atoms with Crippen LogP contribution in [0.5, 0.6) is 0 Å². The molecular weight excluding hydrogens is 278 g/mol. The second kappa shape index (κ2) is 9.07. The molecule has 0 atom stereocenters. The average molecular weight is 305 g/mol. The summed E-state index contributed by atoms with van der Waals surface area (Å²) in [7, 11) is 3.53. The number of nitrogens with one attached hydrogen (secondary N) is 1. The van der Waals surface area contributed by atoms with E-state index in [1.807, 2.05) is 38.1 Å². The molecule has 1 aromatic carbocycles. The third kappa shape index (κ3) is 5.76. The Morgan fingerprint density at radius 1 is 1.09 bits per heavy atom. The highest BCUT2D eigenvalue weighted by Gasteiger charge is 2.09. The van der Waals surface area contributed by atoms with E-state index in [0.717, 1.165) is 24.3 Å². The van der Waals surface area contributed by atoms with Crippen LogP contribution >= 0.6 is 0 Å². The number of carbonyl (C=O) groups is 2. The van der Waals surface area contributed by atoms with E-state index in [2.05, 4.69) is 5.32 Å². The normalized spacial score (nSPS) is 10.2. The lowest BCUT2D eigenvalue weighted by molar-refractivity contribution is -0.129. The van der Waals surface area contributed by atoms with E-state index in [0.29, 0.717) is 19.4 Å². The van der Waals surface area contributed by atoms with Gasteiger partial charge in [0.05, 0.1) is 6.54 Å². The van der Waals surface area contributed by atoms with E-state index < -0.39 is 0 Å². The fourth-order valence-electron chi connectivity index (χ4n) is 2.18. The zero-order chi connectivity index (χ0) is 16.5. The van der Waals surface area contributed by atoms with Crippen LogP contribution in [0.2, 0.25) is 0 Å². The molecule has 0 aliphatic heterocycles. The van der Waals surface area contributed by atoms with Crippen molar-refractivity contribution in [3.63, 3.8) is 0 Å². The highest BCUT2D eigenvalue weighted by molar-refractivity contribution is 5.80. The molecule has 0 heterocycles. The standard InChI is InChI=1S/C17H27N3O2/c1-5-20(6-2)17(22)13-18-15-9-7-8-14(12-15)10-11-16(21)19(3)4/h7-9,12,18H,5-6,10-11,13H2,1-4H3. The molecule has 22 heavy (non-hydrogen) atoms. The molecule has 0 saturated heterocycles. The lowest BCUT2D eigenvalue weighted by Crippen LogP contribution is -2.35. The van der Waals surface area contributed by atoms with Crippen molar-refractivity contribution < 1.29 is 9.59 Å². The zero-order valence-electron chi connectivity index (χ0n) is 14.1. The SMILES string of the molecule is CCN(CC)C(=O)CNc1cccc(CCC(=O)N(C)C)c1. The third-order valence-electron chi connectivity index (χ3n) is 3.61. The lowest BCUT2D eigenvalue weighted by atomic mass is 10.1. The van der Waals surface area contributed by atoms with Gasteiger partial charge in [-0.2, -0.15) is 0 Å². The van der Waals surface area contributed by atoms with Gasteiger partial charge in [0.15, 0.2) is 0 Å². The molecule has 0 aliphatic rings. The maximum atomic E-state index is 12.0. The van der Waals surface area contributed by atoms with E-state index in [4.69, 9.17) is 0 Å². The molecule has 0 radical (unpaired) electrons. The van der Waals surface area contributed by atoms with Gasteiger partial charge in [-0.05, 0) is 38.0 Å². The molecule has 1 aromatic rings. The highest BCUT2D eigenvalue weighted by atomic mass is 16.2. The predicted molar refractivity (Wildman–Crippen MR) is 89.9 cm³/mol. The molecule has 0 saturated carbocycles. The number of hydrogen-bond donors (Lipinski definition) is 1. The summed E-state index contributed by atoms with van der Waals surface area (Å²) in [5.74, 6) is 0.216. The molecular formula is C17H27N3O2. The first kappa shape index (κ1) is 18.0. The van der Waals surface area contributed by atoms with E-state index >= 15 is 0 Å². The first-order valence-corrected chi connectivity index (χ1v) is 7.78. The Morgan fingerprint density at radius 2 is 1.77 bits per heavy atom. The number of hydrogen-bond acceptors (Lipinski definition) is 3. The van der Waals surface area contributed by atoms with Crippen LogP contribution < -0.4 is 5.32 Å². The molecule has 0 unspecified atom stereocenters. The van der Waals surface area contributed by atoms with Gasteiger partial charge in [-0.15, -0.1) is 0 Å². The lowest BCUT2D eigenvalue weighted by Gasteiger charge is -2.19. The van der Waals surface area contributed by atoms with Crippen molar-refractivity contribution >= 4 is 17.5 Å². The monoisotopic (exact) mass is 305 g/mol. The molecule has 0 fully saturated rings. The van der Waals surface area contributed by atoms with Crippen LogP contribution in [0.1, 0.15) is 25.8 Å². The van der Waals surface area contributed by atoms with E-state index in [9.17, 15) is 9.59 Å². The number of amides is 2. The van der Waals surface area contributed by atoms with Gasteiger partial charge < -0.3 is 15.1 Å². The Labute approximate surface area is 133 Å². The number of likely N-dealkylation sites (N-methyl/N-ethyl adjacent to an activating group) is 1. The van der Waals surface area contributed by atoms with Crippen LogP contribution in [0.4, 0.5) is 5.69 Å². The molecule has 122 valence electrons. The fourth-order valence-corrected chi connectivity index (χ4v) is 2.18. The number of carbonyl (C=O) groups excluding carboxylic acids is 2. The Kier molecular flexibility index (Phi) is 7.43. The first-order valence-electron chi connectivity index (χ1n) is 7.78. The van der Waals surface area contributed by atoms with Crippen LogP contribution in [-0.2, 0) is 16.0 Å². The van der Waals surface area contributed by atoms with Crippen molar-refractivity contribution in [3.8, 4) is 0 Å². The van der Waals surface area contributed by atoms with Gasteiger partial charge in [0.2, 0.25) is 11.8 Å². The minimum Gasteiger partial charge on any atom is -0.376 e. The van der Waals surface area contributed by atoms with Crippen molar-refractivity contribution in [3.05, 3.63) is 29.8 Å². The molecule has 1 rings (SSSR count). The Bertz CT molecular complexity index is 496. The number of benzene rings is 1. The highest BCUT2D eigenvalue weighted by Crippen LogP contribution is 2.12. The molecule has 1 N–H and O–H groups in total. The summed E-state index contributed by atoms with van der Waals surface area (Å²) in [5, 5.41) is 3.16. The van der Waals surface area contributed by atoms with Crippen LogP contribution in [0.3, 0.4) is 0 Å². The maximum Gasteiger partial charge on any atom is 0.241 e. The topological polar surface area (TPSA) is 52.7 Å². The summed E-state index contributed by atoms with van der Waals surface area (Å²) in [4.78, 5) is 27.0. The van der Waals surface area contributed by atoms with Gasteiger partial charge in [0, 0.05) is 39.3 Å². The summed E-state index contributed by atoms with van der Waals surface area (Å²) in [6.45, 7) is 5.70. The van der Waals surface area contributed by atoms with Gasteiger partial charge in [-0.3, -0.25) is 9.59 Å². The Balaban J connectivity index is 2.54. The molecule has 0 bridgehead atoms. The first-order chi connectivity index (χ1) is 10.5. The smallest absolute Gasteiger partial charge is 0.241 e. The van der Waals surface area contributed by atoms with Crippen molar-refractivity contribution in [2.75, 3.05) is 39.0 Å². The third-order valence-corrected chi connectivity index (χ3v) is 3.61. The molecule has 0 aliphatic carbocycles. The average Bonchev–Trinajstić information content (AvgIpc) is 2.52. The van der Waals surface area contributed by atoms with Crippen LogP contribution in [0, 0.1) is 0 Å². The quantitative estimate of drug-likeness (QED) is 0.799. The summed E-state index contributed by atoms with van der Waals surface area (Å²) in [6.07, 6.45) is 1.20. The van der Waals surface area contributed by atoms with E-state index in [-0.39, 0.29) is 11.8 Å². The summed E-state index contributed by atoms with van der Waals surface area (Å²) in [6, 6.07) is 7.88.